The number of hydrogen-bond acceptors (Lipinski definition) is 3. The van der Waals surface area contributed by atoms with Gasteiger partial charge in [0.15, 0.2) is 0 Å². The molecule has 1 fully saturated rings. The quantitative estimate of drug-likeness (QED) is 0.646. The molecule has 1 saturated carbocycles. The Morgan fingerprint density at radius 3 is 2.59 bits per heavy atom. The highest BCUT2D eigenvalue weighted by atomic mass is 19.1. The highest BCUT2D eigenvalue weighted by Crippen LogP contribution is 2.27. The highest BCUT2D eigenvalue weighted by molar-refractivity contribution is 6.11. The van der Waals surface area contributed by atoms with Crippen LogP contribution in [-0.4, -0.2) is 16.8 Å². The lowest BCUT2D eigenvalue weighted by atomic mass is 9.88. The molecule has 2 aromatic carbocycles. The molecule has 3 aromatic rings. The lowest BCUT2D eigenvalue weighted by molar-refractivity contribution is -0.120. The number of anilines is 2. The second-order valence-electron chi connectivity index (χ2n) is 7.35. The Morgan fingerprint density at radius 2 is 1.76 bits per heavy atom. The largest absolute Gasteiger partial charge is 0.323 e. The molecule has 6 heteroatoms. The third-order valence-electron chi connectivity index (χ3n) is 5.35. The average Bonchev–Trinajstić information content (AvgIpc) is 2.76. The van der Waals surface area contributed by atoms with Crippen LogP contribution in [0.25, 0.3) is 10.8 Å². The van der Waals surface area contributed by atoms with E-state index in [4.69, 9.17) is 0 Å². The van der Waals surface area contributed by atoms with Gasteiger partial charge in [0.05, 0.1) is 5.69 Å². The molecule has 0 saturated heterocycles. The molecule has 0 unspecified atom stereocenters. The van der Waals surface area contributed by atoms with Gasteiger partial charge in [-0.2, -0.15) is 0 Å². The molecule has 4 rings (SSSR count). The molecule has 29 heavy (non-hydrogen) atoms. The minimum Gasteiger partial charge on any atom is -0.323 e. The Hall–Kier alpha value is -3.28. The molecular weight excluding hydrogens is 369 g/mol. The van der Waals surface area contributed by atoms with Gasteiger partial charge in [-0.3, -0.25) is 14.6 Å². The Balaban J connectivity index is 1.52. The summed E-state index contributed by atoms with van der Waals surface area (Å²) in [5, 5.41) is 7.08. The standard InChI is InChI=1S/C23H22FN3O2/c24-19-11-10-17(14-20(19)27-22(28)16-7-2-1-3-8-16)26-23(29)21-18-9-5-4-6-15(18)12-13-25-21/h4-6,9-14,16H,1-3,7-8H2,(H,26,29)(H,27,28). The van der Waals surface area contributed by atoms with Crippen LogP contribution in [0.4, 0.5) is 15.8 Å². The fourth-order valence-electron chi connectivity index (χ4n) is 3.79. The van der Waals surface area contributed by atoms with E-state index in [0.717, 1.165) is 42.9 Å². The van der Waals surface area contributed by atoms with Crippen molar-refractivity contribution in [2.75, 3.05) is 10.6 Å². The fourth-order valence-corrected chi connectivity index (χ4v) is 3.79. The van der Waals surface area contributed by atoms with Crippen molar-refractivity contribution in [3.8, 4) is 0 Å². The van der Waals surface area contributed by atoms with Gasteiger partial charge < -0.3 is 10.6 Å². The van der Waals surface area contributed by atoms with Gasteiger partial charge in [0.25, 0.3) is 5.91 Å². The maximum absolute atomic E-state index is 14.2. The van der Waals surface area contributed by atoms with E-state index >= 15 is 0 Å². The summed E-state index contributed by atoms with van der Waals surface area (Å²) in [6.45, 7) is 0. The van der Waals surface area contributed by atoms with Crippen LogP contribution in [0.3, 0.4) is 0 Å². The number of amides is 2. The van der Waals surface area contributed by atoms with Gasteiger partial charge in [0, 0.05) is 23.2 Å². The molecule has 1 aliphatic carbocycles. The molecule has 1 aromatic heterocycles. The summed E-state index contributed by atoms with van der Waals surface area (Å²) in [6, 6.07) is 13.5. The first-order valence-electron chi connectivity index (χ1n) is 9.87. The number of nitrogens with zero attached hydrogens (tertiary/aromatic N) is 1. The van der Waals surface area contributed by atoms with Gasteiger partial charge in [0.1, 0.15) is 11.5 Å². The molecule has 0 aliphatic heterocycles. The van der Waals surface area contributed by atoms with E-state index in [1.807, 2.05) is 30.3 Å². The molecule has 1 aliphatic rings. The van der Waals surface area contributed by atoms with Crippen LogP contribution in [0.15, 0.2) is 54.7 Å². The summed E-state index contributed by atoms with van der Waals surface area (Å²) < 4.78 is 14.2. The summed E-state index contributed by atoms with van der Waals surface area (Å²) in [5.74, 6) is -1.17. The van der Waals surface area contributed by atoms with Crippen molar-refractivity contribution in [3.63, 3.8) is 0 Å². The summed E-state index contributed by atoms with van der Waals surface area (Å²) in [5.41, 5.74) is 0.759. The second-order valence-corrected chi connectivity index (χ2v) is 7.35. The minimum absolute atomic E-state index is 0.0734. The van der Waals surface area contributed by atoms with Gasteiger partial charge in [-0.05, 0) is 42.5 Å². The van der Waals surface area contributed by atoms with Crippen molar-refractivity contribution in [1.82, 2.24) is 4.98 Å². The zero-order valence-corrected chi connectivity index (χ0v) is 16.0. The van der Waals surface area contributed by atoms with E-state index in [-0.39, 0.29) is 17.5 Å². The molecule has 2 N–H and O–H groups in total. The number of rotatable bonds is 4. The highest BCUT2D eigenvalue weighted by Gasteiger charge is 2.22. The van der Waals surface area contributed by atoms with Gasteiger partial charge in [0.2, 0.25) is 5.91 Å². The van der Waals surface area contributed by atoms with Crippen molar-refractivity contribution >= 4 is 34.0 Å². The summed E-state index contributed by atoms with van der Waals surface area (Å²) >= 11 is 0. The van der Waals surface area contributed by atoms with Crippen molar-refractivity contribution in [3.05, 3.63) is 66.2 Å². The van der Waals surface area contributed by atoms with E-state index in [1.165, 1.54) is 18.2 Å². The first-order valence-corrected chi connectivity index (χ1v) is 9.87. The summed E-state index contributed by atoms with van der Waals surface area (Å²) in [7, 11) is 0. The van der Waals surface area contributed by atoms with E-state index in [2.05, 4.69) is 15.6 Å². The summed E-state index contributed by atoms with van der Waals surface area (Å²) in [4.78, 5) is 29.4. The number of hydrogen-bond donors (Lipinski definition) is 2. The lowest BCUT2D eigenvalue weighted by Gasteiger charge is -2.21. The Bertz CT molecular complexity index is 1060. The number of halogens is 1. The fraction of sp³-hybridized carbons (Fsp3) is 0.261. The zero-order chi connectivity index (χ0) is 20.2. The molecule has 0 radical (unpaired) electrons. The first kappa shape index (κ1) is 19.1. The molecule has 2 amide bonds. The number of aromatic nitrogens is 1. The van der Waals surface area contributed by atoms with Crippen molar-refractivity contribution in [1.29, 1.82) is 0 Å². The van der Waals surface area contributed by atoms with E-state index in [1.54, 1.807) is 6.20 Å². The third kappa shape index (κ3) is 4.26. The van der Waals surface area contributed by atoms with Crippen LogP contribution < -0.4 is 10.6 Å². The van der Waals surface area contributed by atoms with Crippen molar-refractivity contribution < 1.29 is 14.0 Å². The van der Waals surface area contributed by atoms with Crippen LogP contribution in [0.1, 0.15) is 42.6 Å². The van der Waals surface area contributed by atoms with Crippen LogP contribution in [0.2, 0.25) is 0 Å². The number of carbonyl (C=O) groups is 2. The summed E-state index contributed by atoms with van der Waals surface area (Å²) in [6.07, 6.45) is 6.43. The number of carbonyl (C=O) groups excluding carboxylic acids is 2. The van der Waals surface area contributed by atoms with Gasteiger partial charge in [-0.25, -0.2) is 4.39 Å². The van der Waals surface area contributed by atoms with Crippen LogP contribution in [-0.2, 0) is 4.79 Å². The monoisotopic (exact) mass is 391 g/mol. The Labute approximate surface area is 168 Å². The Kier molecular flexibility index (Phi) is 5.51. The number of fused-ring (bicyclic) bond motifs is 1. The van der Waals surface area contributed by atoms with E-state index in [0.29, 0.717) is 11.4 Å². The molecule has 148 valence electrons. The third-order valence-corrected chi connectivity index (χ3v) is 5.35. The van der Waals surface area contributed by atoms with E-state index in [9.17, 15) is 14.0 Å². The van der Waals surface area contributed by atoms with Gasteiger partial charge in [-0.1, -0.05) is 43.5 Å². The number of pyridine rings is 1. The molecule has 0 spiro atoms. The van der Waals surface area contributed by atoms with Crippen LogP contribution in [0.5, 0.6) is 0 Å². The maximum Gasteiger partial charge on any atom is 0.274 e. The molecule has 5 nitrogen and oxygen atoms in total. The average molecular weight is 391 g/mol. The minimum atomic E-state index is -0.532. The first-order chi connectivity index (χ1) is 14.1. The van der Waals surface area contributed by atoms with Crippen molar-refractivity contribution in [2.24, 2.45) is 5.92 Å². The number of nitrogens with one attached hydrogen (secondary N) is 2. The van der Waals surface area contributed by atoms with Crippen LogP contribution >= 0.6 is 0 Å². The Morgan fingerprint density at radius 1 is 0.966 bits per heavy atom. The normalized spacial score (nSPS) is 14.5. The lowest BCUT2D eigenvalue weighted by Crippen LogP contribution is -2.25. The van der Waals surface area contributed by atoms with Gasteiger partial charge >= 0.3 is 0 Å². The van der Waals surface area contributed by atoms with Gasteiger partial charge in [-0.15, -0.1) is 0 Å². The second kappa shape index (κ2) is 8.39. The SMILES string of the molecule is O=C(Nc1ccc(F)c(NC(=O)C2CCCCC2)c1)c1nccc2ccccc12. The van der Waals surface area contributed by atoms with E-state index < -0.39 is 11.7 Å². The molecular formula is C23H22FN3O2. The predicted octanol–water partition coefficient (Wildman–Crippen LogP) is 5.15. The zero-order valence-electron chi connectivity index (χ0n) is 16.0. The molecule has 1 heterocycles. The maximum atomic E-state index is 14.2. The van der Waals surface area contributed by atoms with Crippen LogP contribution in [0, 0.1) is 11.7 Å². The predicted molar refractivity (Wildman–Crippen MR) is 111 cm³/mol. The smallest absolute Gasteiger partial charge is 0.274 e. The number of benzene rings is 2. The molecule has 0 bridgehead atoms. The van der Waals surface area contributed by atoms with Crippen molar-refractivity contribution in [2.45, 2.75) is 32.1 Å². The molecule has 0 atom stereocenters. The topological polar surface area (TPSA) is 71.1 Å².